The molecule has 1 aliphatic heterocycles. The lowest BCUT2D eigenvalue weighted by Crippen LogP contribution is -2.27. The maximum atomic E-state index is 9.30. The van der Waals surface area contributed by atoms with Gasteiger partial charge in [0.1, 0.15) is 6.61 Å². The fourth-order valence-electron chi connectivity index (χ4n) is 3.23. The van der Waals surface area contributed by atoms with Gasteiger partial charge in [0.25, 0.3) is 0 Å². The first-order chi connectivity index (χ1) is 9.07. The van der Waals surface area contributed by atoms with Gasteiger partial charge in [-0.05, 0) is 30.7 Å². The van der Waals surface area contributed by atoms with E-state index in [1.165, 1.54) is 27.7 Å². The Bertz CT molecular complexity index is 683. The summed E-state index contributed by atoms with van der Waals surface area (Å²) in [6.07, 6.45) is 0. The number of hydrogen-bond acceptors (Lipinski definition) is 1. The Morgan fingerprint density at radius 1 is 1.11 bits per heavy atom. The summed E-state index contributed by atoms with van der Waals surface area (Å²) in [5.41, 5.74) is 3.96. The molecule has 3 rings (SSSR count). The molecule has 19 heavy (non-hydrogen) atoms. The van der Waals surface area contributed by atoms with Crippen LogP contribution in [0.5, 0.6) is 0 Å². The second-order valence-electron chi connectivity index (χ2n) is 5.77. The van der Waals surface area contributed by atoms with Crippen molar-refractivity contribution in [3.8, 4) is 0 Å². The van der Waals surface area contributed by atoms with Crippen LogP contribution in [-0.4, -0.2) is 28.5 Å². The Morgan fingerprint density at radius 2 is 1.84 bits per heavy atom. The average Bonchev–Trinajstić information content (AvgIpc) is 2.60. The van der Waals surface area contributed by atoms with E-state index < -0.39 is 0 Å². The third-order valence-electron chi connectivity index (χ3n) is 4.46. The van der Waals surface area contributed by atoms with Gasteiger partial charge in [0.05, 0.1) is 5.41 Å². The third-order valence-corrected chi connectivity index (χ3v) is 4.46. The number of hydrogen-bond donors (Lipinski definition) is 1. The highest BCUT2D eigenvalue weighted by molar-refractivity contribution is 6.01. The zero-order valence-electron chi connectivity index (χ0n) is 11.8. The number of rotatable bonds is 2. The first-order valence-corrected chi connectivity index (χ1v) is 6.82. The smallest absolute Gasteiger partial charge is 0.210 e. The molecule has 0 aromatic heterocycles. The van der Waals surface area contributed by atoms with Crippen molar-refractivity contribution in [3.05, 3.63) is 42.0 Å². The van der Waals surface area contributed by atoms with Crippen LogP contribution >= 0.6 is 0 Å². The molecule has 1 aliphatic rings. The van der Waals surface area contributed by atoms with E-state index in [2.05, 4.69) is 61.7 Å². The highest BCUT2D eigenvalue weighted by atomic mass is 16.3. The summed E-state index contributed by atoms with van der Waals surface area (Å²) in [7, 11) is 0. The van der Waals surface area contributed by atoms with Gasteiger partial charge in [0.2, 0.25) is 5.69 Å². The largest absolute Gasteiger partial charge is 0.390 e. The molecule has 2 aromatic carbocycles. The predicted molar refractivity (Wildman–Crippen MR) is 79.5 cm³/mol. The van der Waals surface area contributed by atoms with Crippen molar-refractivity contribution >= 4 is 22.2 Å². The fourth-order valence-corrected chi connectivity index (χ4v) is 3.23. The van der Waals surface area contributed by atoms with Gasteiger partial charge in [0.15, 0.2) is 12.3 Å². The number of benzene rings is 2. The molecule has 2 nitrogen and oxygen atoms in total. The predicted octanol–water partition coefficient (Wildman–Crippen LogP) is 3.23. The molecule has 1 N–H and O–H groups in total. The Labute approximate surface area is 114 Å². The quantitative estimate of drug-likeness (QED) is 0.817. The molecule has 0 amide bonds. The van der Waals surface area contributed by atoms with E-state index in [1.54, 1.807) is 0 Å². The maximum absolute atomic E-state index is 9.30. The van der Waals surface area contributed by atoms with Crippen molar-refractivity contribution in [2.75, 3.05) is 13.2 Å². The average molecular weight is 254 g/mol. The van der Waals surface area contributed by atoms with Crippen LogP contribution in [0, 0.1) is 0 Å². The van der Waals surface area contributed by atoms with Crippen LogP contribution < -0.4 is 0 Å². The SMILES string of the molecule is CC1=[N+](CCO)c2ccc3ccccc3c2C1(C)C. The standard InChI is InChI=1S/C17H20NO/c1-12-17(2,3)16-14-7-5-4-6-13(14)8-9-15(16)18(12)10-11-19/h4-9,19H,10-11H2,1-3H3/q+1. The summed E-state index contributed by atoms with van der Waals surface area (Å²) in [4.78, 5) is 0. The molecule has 0 bridgehead atoms. The summed E-state index contributed by atoms with van der Waals surface area (Å²) in [5, 5.41) is 11.9. The van der Waals surface area contributed by atoms with Crippen LogP contribution in [0.3, 0.4) is 0 Å². The van der Waals surface area contributed by atoms with E-state index in [0.717, 1.165) is 0 Å². The summed E-state index contributed by atoms with van der Waals surface area (Å²) in [6.45, 7) is 7.56. The lowest BCUT2D eigenvalue weighted by atomic mass is 9.80. The normalized spacial score (nSPS) is 17.1. The molecule has 0 radical (unpaired) electrons. The van der Waals surface area contributed by atoms with E-state index in [4.69, 9.17) is 0 Å². The number of fused-ring (bicyclic) bond motifs is 3. The minimum absolute atomic E-state index is 0.0192. The fraction of sp³-hybridized carbons (Fsp3) is 0.353. The molecule has 0 atom stereocenters. The first-order valence-electron chi connectivity index (χ1n) is 6.82. The highest BCUT2D eigenvalue weighted by Crippen LogP contribution is 2.43. The van der Waals surface area contributed by atoms with Gasteiger partial charge in [0, 0.05) is 18.6 Å². The number of aliphatic hydroxyl groups excluding tert-OH is 1. The number of aliphatic hydroxyl groups is 1. The van der Waals surface area contributed by atoms with Crippen LogP contribution in [-0.2, 0) is 5.41 Å². The summed E-state index contributed by atoms with van der Waals surface area (Å²) in [6, 6.07) is 12.9. The van der Waals surface area contributed by atoms with Crippen LogP contribution in [0.25, 0.3) is 10.8 Å². The highest BCUT2D eigenvalue weighted by Gasteiger charge is 2.43. The van der Waals surface area contributed by atoms with Crippen LogP contribution in [0.4, 0.5) is 5.69 Å². The monoisotopic (exact) mass is 254 g/mol. The molecule has 0 aliphatic carbocycles. The van der Waals surface area contributed by atoms with Gasteiger partial charge in [-0.2, -0.15) is 4.58 Å². The van der Waals surface area contributed by atoms with Gasteiger partial charge in [-0.1, -0.05) is 24.3 Å². The van der Waals surface area contributed by atoms with E-state index >= 15 is 0 Å². The summed E-state index contributed by atoms with van der Waals surface area (Å²) >= 11 is 0. The van der Waals surface area contributed by atoms with E-state index in [1.807, 2.05) is 0 Å². The first kappa shape index (κ1) is 12.4. The third kappa shape index (κ3) is 1.63. The van der Waals surface area contributed by atoms with Gasteiger partial charge in [-0.25, -0.2) is 0 Å². The zero-order valence-corrected chi connectivity index (χ0v) is 11.8. The molecular weight excluding hydrogens is 234 g/mol. The Kier molecular flexibility index (Phi) is 2.72. The van der Waals surface area contributed by atoms with Crippen molar-refractivity contribution < 1.29 is 9.68 Å². The van der Waals surface area contributed by atoms with Crippen molar-refractivity contribution in [2.45, 2.75) is 26.2 Å². The zero-order chi connectivity index (χ0) is 13.6. The molecule has 0 fully saturated rings. The lowest BCUT2D eigenvalue weighted by Gasteiger charge is -2.17. The topological polar surface area (TPSA) is 23.2 Å². The van der Waals surface area contributed by atoms with Gasteiger partial charge in [-0.3, -0.25) is 0 Å². The van der Waals surface area contributed by atoms with E-state index in [-0.39, 0.29) is 12.0 Å². The maximum Gasteiger partial charge on any atom is 0.210 e. The van der Waals surface area contributed by atoms with Crippen molar-refractivity contribution in [1.82, 2.24) is 0 Å². The number of nitrogens with zero attached hydrogens (tertiary/aromatic N) is 1. The van der Waals surface area contributed by atoms with Crippen LogP contribution in [0.2, 0.25) is 0 Å². The number of β-amino-alcohol motifs (C(OH)–C–C–N with tert-alkyl or cyclic N) is 1. The summed E-state index contributed by atoms with van der Waals surface area (Å²) in [5.74, 6) is 0. The molecule has 1 heterocycles. The second kappa shape index (κ2) is 4.17. The van der Waals surface area contributed by atoms with Crippen LogP contribution in [0.1, 0.15) is 26.3 Å². The molecule has 98 valence electrons. The van der Waals surface area contributed by atoms with Crippen LogP contribution in [0.15, 0.2) is 36.4 Å². The Balaban J connectivity index is 2.35. The van der Waals surface area contributed by atoms with Gasteiger partial charge >= 0.3 is 0 Å². The molecule has 2 heteroatoms. The molecule has 0 saturated heterocycles. The molecule has 2 aromatic rings. The van der Waals surface area contributed by atoms with Gasteiger partial charge in [-0.15, -0.1) is 0 Å². The van der Waals surface area contributed by atoms with Gasteiger partial charge < -0.3 is 5.11 Å². The molecule has 0 spiro atoms. The second-order valence-corrected chi connectivity index (χ2v) is 5.77. The van der Waals surface area contributed by atoms with E-state index in [0.29, 0.717) is 6.54 Å². The molecule has 0 unspecified atom stereocenters. The molecule has 0 saturated carbocycles. The minimum atomic E-state index is 0.0192. The lowest BCUT2D eigenvalue weighted by molar-refractivity contribution is -0.442. The molecular formula is C17H20NO+. The minimum Gasteiger partial charge on any atom is -0.390 e. The van der Waals surface area contributed by atoms with E-state index in [9.17, 15) is 5.11 Å². The Morgan fingerprint density at radius 3 is 2.58 bits per heavy atom. The summed E-state index contributed by atoms with van der Waals surface area (Å²) < 4.78 is 2.25. The van der Waals surface area contributed by atoms with Crippen molar-refractivity contribution in [3.63, 3.8) is 0 Å². The van der Waals surface area contributed by atoms with Crippen molar-refractivity contribution in [2.24, 2.45) is 0 Å². The Hall–Kier alpha value is -1.67. The van der Waals surface area contributed by atoms with Crippen molar-refractivity contribution in [1.29, 1.82) is 0 Å².